The number of pyridine rings is 1. The molecule has 2 aliphatic rings. The molecule has 4 heterocycles. The first-order chi connectivity index (χ1) is 12.5. The fourth-order valence-electron chi connectivity index (χ4n) is 4.12. The highest BCUT2D eigenvalue weighted by Crippen LogP contribution is 2.50. The van der Waals surface area contributed by atoms with Gasteiger partial charge in [0.15, 0.2) is 5.82 Å². The van der Waals surface area contributed by atoms with E-state index in [0.717, 1.165) is 11.3 Å². The molecule has 2 fully saturated rings. The molecule has 138 valence electrons. The molecule has 0 aliphatic carbocycles. The Kier molecular flexibility index (Phi) is 4.34. The van der Waals surface area contributed by atoms with Gasteiger partial charge in [-0.1, -0.05) is 0 Å². The Bertz CT molecular complexity index is 752. The summed E-state index contributed by atoms with van der Waals surface area (Å²) in [5.41, 5.74) is 0.916. The first-order valence-corrected chi connectivity index (χ1v) is 9.02. The SMILES string of the molecule is Cc1ccc(N2CCC3(CN(Cc4ccncc4)CCC3(F)F)C2)nn1. The van der Waals surface area contributed by atoms with E-state index >= 15 is 0 Å². The molecule has 0 aromatic carbocycles. The van der Waals surface area contributed by atoms with Crippen molar-refractivity contribution in [2.24, 2.45) is 5.41 Å². The van der Waals surface area contributed by atoms with Gasteiger partial charge in [0, 0.05) is 51.5 Å². The Balaban J connectivity index is 1.52. The molecule has 0 amide bonds. The topological polar surface area (TPSA) is 45.2 Å². The van der Waals surface area contributed by atoms with E-state index in [2.05, 4.69) is 20.1 Å². The van der Waals surface area contributed by atoms with E-state index in [1.165, 1.54) is 0 Å². The van der Waals surface area contributed by atoms with Gasteiger partial charge in [-0.2, -0.15) is 5.10 Å². The van der Waals surface area contributed by atoms with Crippen LogP contribution < -0.4 is 4.90 Å². The molecular formula is C19H23F2N5. The summed E-state index contributed by atoms with van der Waals surface area (Å²) in [5, 5.41) is 8.25. The van der Waals surface area contributed by atoms with Crippen LogP contribution in [0.15, 0.2) is 36.7 Å². The molecule has 0 N–H and O–H groups in total. The summed E-state index contributed by atoms with van der Waals surface area (Å²) < 4.78 is 29.9. The number of halogens is 2. The molecule has 2 aromatic rings. The number of aromatic nitrogens is 3. The average molecular weight is 359 g/mol. The molecule has 1 unspecified atom stereocenters. The largest absolute Gasteiger partial charge is 0.354 e. The molecule has 2 saturated heterocycles. The van der Waals surface area contributed by atoms with E-state index in [0.29, 0.717) is 45.0 Å². The minimum Gasteiger partial charge on any atom is -0.354 e. The fourth-order valence-corrected chi connectivity index (χ4v) is 4.12. The van der Waals surface area contributed by atoms with Crippen LogP contribution in [-0.2, 0) is 6.54 Å². The highest BCUT2D eigenvalue weighted by atomic mass is 19.3. The number of anilines is 1. The molecule has 0 saturated carbocycles. The van der Waals surface area contributed by atoms with Crippen LogP contribution >= 0.6 is 0 Å². The third-order valence-corrected chi connectivity index (χ3v) is 5.66. The highest BCUT2D eigenvalue weighted by Gasteiger charge is 2.59. The molecule has 1 atom stereocenters. The zero-order valence-corrected chi connectivity index (χ0v) is 14.9. The summed E-state index contributed by atoms with van der Waals surface area (Å²) in [4.78, 5) is 8.13. The zero-order valence-electron chi connectivity index (χ0n) is 14.9. The third kappa shape index (κ3) is 3.16. The van der Waals surface area contributed by atoms with Crippen LogP contribution in [0.3, 0.4) is 0 Å². The van der Waals surface area contributed by atoms with E-state index in [4.69, 9.17) is 0 Å². The van der Waals surface area contributed by atoms with Crippen molar-refractivity contribution in [3.63, 3.8) is 0 Å². The van der Waals surface area contributed by atoms with Gasteiger partial charge in [0.05, 0.1) is 11.1 Å². The second-order valence-corrected chi connectivity index (χ2v) is 7.51. The van der Waals surface area contributed by atoms with Crippen LogP contribution in [0.25, 0.3) is 0 Å². The first-order valence-electron chi connectivity index (χ1n) is 9.02. The number of alkyl halides is 2. The van der Waals surface area contributed by atoms with Gasteiger partial charge in [0.1, 0.15) is 0 Å². The summed E-state index contributed by atoms with van der Waals surface area (Å²) in [7, 11) is 0. The number of hydrogen-bond acceptors (Lipinski definition) is 5. The van der Waals surface area contributed by atoms with Crippen molar-refractivity contribution >= 4 is 5.82 Å². The summed E-state index contributed by atoms with van der Waals surface area (Å²) in [6, 6.07) is 7.64. The molecule has 2 aliphatic heterocycles. The summed E-state index contributed by atoms with van der Waals surface area (Å²) in [6.07, 6.45) is 3.88. The molecule has 0 radical (unpaired) electrons. The van der Waals surface area contributed by atoms with Crippen LogP contribution in [0.5, 0.6) is 0 Å². The van der Waals surface area contributed by atoms with E-state index in [-0.39, 0.29) is 6.42 Å². The van der Waals surface area contributed by atoms with E-state index in [1.807, 2.05) is 36.1 Å². The lowest BCUT2D eigenvalue weighted by Gasteiger charge is -2.46. The second kappa shape index (κ2) is 6.54. The Hall–Kier alpha value is -2.15. The minimum atomic E-state index is -2.66. The highest BCUT2D eigenvalue weighted by molar-refractivity contribution is 5.40. The van der Waals surface area contributed by atoms with Gasteiger partial charge in [-0.05, 0) is 43.2 Å². The number of hydrogen-bond donors (Lipinski definition) is 0. The normalized spacial score (nSPS) is 25.7. The van der Waals surface area contributed by atoms with Crippen LogP contribution in [-0.4, -0.2) is 52.2 Å². The Labute approximate surface area is 152 Å². The monoisotopic (exact) mass is 359 g/mol. The lowest BCUT2D eigenvalue weighted by atomic mass is 9.75. The van der Waals surface area contributed by atoms with Gasteiger partial charge in [0.25, 0.3) is 5.92 Å². The summed E-state index contributed by atoms with van der Waals surface area (Å²) >= 11 is 0. The van der Waals surface area contributed by atoms with Gasteiger partial charge in [-0.15, -0.1) is 5.10 Å². The van der Waals surface area contributed by atoms with E-state index < -0.39 is 11.3 Å². The number of rotatable bonds is 3. The number of likely N-dealkylation sites (tertiary alicyclic amines) is 1. The molecule has 0 bridgehead atoms. The van der Waals surface area contributed by atoms with Gasteiger partial charge in [-0.3, -0.25) is 9.88 Å². The standard InChI is InChI=1S/C19H23F2N5/c1-15-2-3-17(24-23-15)26-11-6-18(14-26)13-25(10-7-19(18,20)21)12-16-4-8-22-9-5-16/h2-5,8-9H,6-7,10-14H2,1H3. The van der Waals surface area contributed by atoms with Crippen molar-refractivity contribution < 1.29 is 8.78 Å². The van der Waals surface area contributed by atoms with Gasteiger partial charge in [-0.25, -0.2) is 8.78 Å². The Morgan fingerprint density at radius 3 is 2.54 bits per heavy atom. The van der Waals surface area contributed by atoms with Crippen LogP contribution in [0, 0.1) is 12.3 Å². The molecule has 2 aromatic heterocycles. The first kappa shape index (κ1) is 17.3. The molecular weight excluding hydrogens is 336 g/mol. The van der Waals surface area contributed by atoms with Crippen molar-refractivity contribution in [1.29, 1.82) is 0 Å². The van der Waals surface area contributed by atoms with Crippen molar-refractivity contribution in [2.75, 3.05) is 31.1 Å². The summed E-state index contributed by atoms with van der Waals surface area (Å²) in [6.45, 7) is 4.29. The van der Waals surface area contributed by atoms with Crippen LogP contribution in [0.1, 0.15) is 24.1 Å². The third-order valence-electron chi connectivity index (χ3n) is 5.66. The lowest BCUT2D eigenvalue weighted by Crippen LogP contribution is -2.56. The number of aryl methyl sites for hydroxylation is 1. The molecule has 5 nitrogen and oxygen atoms in total. The maximum Gasteiger partial charge on any atom is 0.257 e. The second-order valence-electron chi connectivity index (χ2n) is 7.51. The fraction of sp³-hybridized carbons (Fsp3) is 0.526. The quantitative estimate of drug-likeness (QED) is 0.843. The van der Waals surface area contributed by atoms with Crippen molar-refractivity contribution in [2.45, 2.75) is 32.2 Å². The minimum absolute atomic E-state index is 0.0918. The molecule has 7 heteroatoms. The predicted molar refractivity (Wildman–Crippen MR) is 95.1 cm³/mol. The average Bonchev–Trinajstić information content (AvgIpc) is 3.06. The maximum absolute atomic E-state index is 14.9. The van der Waals surface area contributed by atoms with Crippen molar-refractivity contribution in [1.82, 2.24) is 20.1 Å². The van der Waals surface area contributed by atoms with Crippen LogP contribution in [0.2, 0.25) is 0 Å². The zero-order chi connectivity index (χ0) is 18.2. The smallest absolute Gasteiger partial charge is 0.257 e. The lowest BCUT2D eigenvalue weighted by molar-refractivity contribution is -0.158. The number of piperidine rings is 1. The van der Waals surface area contributed by atoms with Gasteiger partial charge >= 0.3 is 0 Å². The Morgan fingerprint density at radius 1 is 1.00 bits per heavy atom. The van der Waals surface area contributed by atoms with Gasteiger partial charge < -0.3 is 4.90 Å². The molecule has 4 rings (SSSR count). The maximum atomic E-state index is 14.9. The van der Waals surface area contributed by atoms with Gasteiger partial charge in [0.2, 0.25) is 0 Å². The molecule has 1 spiro atoms. The predicted octanol–water partition coefficient (Wildman–Crippen LogP) is 2.92. The summed E-state index contributed by atoms with van der Waals surface area (Å²) in [5.74, 6) is -1.97. The molecule has 26 heavy (non-hydrogen) atoms. The van der Waals surface area contributed by atoms with E-state index in [9.17, 15) is 8.78 Å². The van der Waals surface area contributed by atoms with E-state index in [1.54, 1.807) is 12.4 Å². The van der Waals surface area contributed by atoms with Crippen molar-refractivity contribution in [3.8, 4) is 0 Å². The number of nitrogens with zero attached hydrogens (tertiary/aromatic N) is 5. The van der Waals surface area contributed by atoms with Crippen molar-refractivity contribution in [3.05, 3.63) is 47.9 Å². The Morgan fingerprint density at radius 2 is 1.81 bits per heavy atom. The van der Waals surface area contributed by atoms with Crippen LogP contribution in [0.4, 0.5) is 14.6 Å².